The van der Waals surface area contributed by atoms with E-state index in [1.807, 2.05) is 24.5 Å². The number of hydrogen-bond acceptors (Lipinski definition) is 5. The van der Waals surface area contributed by atoms with E-state index in [9.17, 15) is 4.79 Å². The number of benzene rings is 2. The maximum absolute atomic E-state index is 13.2. The number of nitrogens with one attached hydrogen (secondary N) is 2. The lowest BCUT2D eigenvalue weighted by Gasteiger charge is -2.34. The van der Waals surface area contributed by atoms with Crippen LogP contribution in [0.25, 0.3) is 0 Å². The number of carbonyl (C=O) groups excluding carboxylic acids is 1. The number of hydrogen-bond donors (Lipinski definition) is 2. The van der Waals surface area contributed by atoms with Gasteiger partial charge in [-0.3, -0.25) is 10.2 Å². The molecule has 148 valence electrons. The summed E-state index contributed by atoms with van der Waals surface area (Å²) in [6, 6.07) is 19.0. The molecule has 0 aromatic heterocycles. The van der Waals surface area contributed by atoms with Crippen molar-refractivity contribution in [1.29, 1.82) is 0 Å². The van der Waals surface area contributed by atoms with Gasteiger partial charge in [-0.05, 0) is 37.3 Å². The van der Waals surface area contributed by atoms with Crippen LogP contribution in [-0.2, 0) is 0 Å². The maximum atomic E-state index is 13.2. The summed E-state index contributed by atoms with van der Waals surface area (Å²) in [5.74, 6) is 0.936. The number of hydrazine groups is 1. The van der Waals surface area contributed by atoms with Gasteiger partial charge in [0.1, 0.15) is 0 Å². The number of piperidine rings is 1. The molecule has 2 saturated heterocycles. The van der Waals surface area contributed by atoms with Crippen molar-refractivity contribution in [3.63, 3.8) is 0 Å². The lowest BCUT2D eigenvalue weighted by Crippen LogP contribution is -2.42. The molecule has 2 aliphatic heterocycles. The minimum absolute atomic E-state index is 0.111. The Labute approximate surface area is 172 Å². The van der Waals surface area contributed by atoms with E-state index < -0.39 is 0 Å². The van der Waals surface area contributed by atoms with E-state index in [1.165, 1.54) is 5.56 Å². The highest BCUT2D eigenvalue weighted by molar-refractivity contribution is 7.98. The molecule has 2 aliphatic rings. The van der Waals surface area contributed by atoms with Crippen molar-refractivity contribution in [3.05, 3.63) is 65.7 Å². The predicted molar refractivity (Wildman–Crippen MR) is 116 cm³/mol. The molecule has 0 aliphatic carbocycles. The number of rotatable bonds is 6. The first kappa shape index (κ1) is 19.6. The third kappa shape index (κ3) is 4.33. The van der Waals surface area contributed by atoms with Crippen LogP contribution in [0.15, 0.2) is 59.5 Å². The van der Waals surface area contributed by atoms with Crippen molar-refractivity contribution >= 4 is 17.5 Å². The summed E-state index contributed by atoms with van der Waals surface area (Å²) >= 11 is 1.66. The monoisotopic (exact) mass is 395 g/mol. The molecule has 4 nitrogen and oxygen atoms in total. The molecule has 0 radical (unpaired) electrons. The lowest BCUT2D eigenvalue weighted by atomic mass is 9.88. The summed E-state index contributed by atoms with van der Waals surface area (Å²) in [4.78, 5) is 16.8. The average Bonchev–Trinajstić information content (AvgIpc) is 3.22. The quantitative estimate of drug-likeness (QED) is 0.576. The summed E-state index contributed by atoms with van der Waals surface area (Å²) in [5.41, 5.74) is 9.01. The molecule has 4 rings (SSSR count). The zero-order valence-electron chi connectivity index (χ0n) is 16.4. The van der Waals surface area contributed by atoms with Crippen molar-refractivity contribution in [2.75, 3.05) is 32.4 Å². The highest BCUT2D eigenvalue weighted by Crippen LogP contribution is 2.29. The molecular weight excluding hydrogens is 366 g/mol. The first-order valence-corrected chi connectivity index (χ1v) is 11.4. The standard InChI is InChI=1S/C23H29N3OS/c1-28-21-12-6-5-11-20(21)23(27)18-10-7-13-26(15-18)16-19-14-24-25-22(19)17-8-3-2-4-9-17/h2-6,8-9,11-12,18-19,22,24-25H,7,10,13-16H2,1H3. The highest BCUT2D eigenvalue weighted by Gasteiger charge is 2.33. The summed E-state index contributed by atoms with van der Waals surface area (Å²) in [5, 5.41) is 0. The average molecular weight is 396 g/mol. The van der Waals surface area contributed by atoms with Gasteiger partial charge in [-0.2, -0.15) is 0 Å². The summed E-state index contributed by atoms with van der Waals surface area (Å²) < 4.78 is 0. The summed E-state index contributed by atoms with van der Waals surface area (Å²) in [6.45, 7) is 3.95. The van der Waals surface area contributed by atoms with Gasteiger partial charge in [-0.15, -0.1) is 11.8 Å². The number of Topliss-reactive ketones (excluding diaryl/α,β-unsaturated/α-hetero) is 1. The molecule has 5 heteroatoms. The van der Waals surface area contributed by atoms with Crippen LogP contribution in [0, 0.1) is 11.8 Å². The van der Waals surface area contributed by atoms with Gasteiger partial charge in [-0.1, -0.05) is 48.5 Å². The van der Waals surface area contributed by atoms with Crippen LogP contribution >= 0.6 is 11.8 Å². The van der Waals surface area contributed by atoms with Gasteiger partial charge >= 0.3 is 0 Å². The topological polar surface area (TPSA) is 44.4 Å². The van der Waals surface area contributed by atoms with E-state index in [0.29, 0.717) is 17.7 Å². The Kier molecular flexibility index (Phi) is 6.47. The molecule has 2 aromatic carbocycles. The predicted octanol–water partition coefficient (Wildman–Crippen LogP) is 3.77. The van der Waals surface area contributed by atoms with Crippen LogP contribution in [0.2, 0.25) is 0 Å². The molecule has 0 bridgehead atoms. The Morgan fingerprint density at radius 2 is 1.93 bits per heavy atom. The van der Waals surface area contributed by atoms with E-state index in [1.54, 1.807) is 11.8 Å². The van der Waals surface area contributed by atoms with E-state index in [-0.39, 0.29) is 5.92 Å². The van der Waals surface area contributed by atoms with Gasteiger partial charge < -0.3 is 4.90 Å². The molecule has 0 amide bonds. The van der Waals surface area contributed by atoms with Crippen LogP contribution in [0.4, 0.5) is 0 Å². The SMILES string of the molecule is CSc1ccccc1C(=O)C1CCCN(CC2CNNC2c2ccccc2)C1. The summed E-state index contributed by atoms with van der Waals surface area (Å²) in [7, 11) is 0. The maximum Gasteiger partial charge on any atom is 0.168 e. The minimum Gasteiger partial charge on any atom is -0.302 e. The normalized spacial score (nSPS) is 25.7. The Morgan fingerprint density at radius 1 is 1.14 bits per heavy atom. The molecule has 3 unspecified atom stereocenters. The number of thioether (sulfide) groups is 1. The Balaban J connectivity index is 1.42. The smallest absolute Gasteiger partial charge is 0.168 e. The van der Waals surface area contributed by atoms with Crippen molar-refractivity contribution in [2.24, 2.45) is 11.8 Å². The molecule has 0 saturated carbocycles. The van der Waals surface area contributed by atoms with Gasteiger partial charge in [0.15, 0.2) is 5.78 Å². The number of carbonyl (C=O) groups is 1. The molecule has 0 spiro atoms. The van der Waals surface area contributed by atoms with Crippen LogP contribution in [-0.4, -0.2) is 43.1 Å². The Bertz CT molecular complexity index is 797. The van der Waals surface area contributed by atoms with Crippen LogP contribution in [0.5, 0.6) is 0 Å². The number of likely N-dealkylation sites (tertiary alicyclic amines) is 1. The van der Waals surface area contributed by atoms with Crippen LogP contribution in [0.1, 0.15) is 34.8 Å². The first-order chi connectivity index (χ1) is 13.8. The van der Waals surface area contributed by atoms with E-state index in [2.05, 4.69) is 52.1 Å². The van der Waals surface area contributed by atoms with E-state index in [4.69, 9.17) is 0 Å². The van der Waals surface area contributed by atoms with Crippen molar-refractivity contribution in [1.82, 2.24) is 15.8 Å². The van der Waals surface area contributed by atoms with Gasteiger partial charge in [0, 0.05) is 41.9 Å². The van der Waals surface area contributed by atoms with Crippen LogP contribution in [0.3, 0.4) is 0 Å². The van der Waals surface area contributed by atoms with Gasteiger partial charge in [0.25, 0.3) is 0 Å². The van der Waals surface area contributed by atoms with Gasteiger partial charge in [0.2, 0.25) is 0 Å². The van der Waals surface area contributed by atoms with Crippen molar-refractivity contribution < 1.29 is 4.79 Å². The number of nitrogens with zero attached hydrogens (tertiary/aromatic N) is 1. The van der Waals surface area contributed by atoms with Gasteiger partial charge in [0.05, 0.1) is 6.04 Å². The molecule has 2 fully saturated rings. The molecule has 3 atom stereocenters. The Hall–Kier alpha value is -1.66. The van der Waals surface area contributed by atoms with Crippen molar-refractivity contribution in [2.45, 2.75) is 23.8 Å². The van der Waals surface area contributed by atoms with Gasteiger partial charge in [-0.25, -0.2) is 5.43 Å². The second kappa shape index (κ2) is 9.23. The third-order valence-electron chi connectivity index (χ3n) is 5.99. The number of ketones is 1. The zero-order valence-corrected chi connectivity index (χ0v) is 17.3. The first-order valence-electron chi connectivity index (χ1n) is 10.2. The molecule has 2 N–H and O–H groups in total. The second-order valence-corrected chi connectivity index (χ2v) is 8.69. The van der Waals surface area contributed by atoms with E-state index >= 15 is 0 Å². The molecular formula is C23H29N3OS. The largest absolute Gasteiger partial charge is 0.302 e. The highest BCUT2D eigenvalue weighted by atomic mass is 32.2. The third-order valence-corrected chi connectivity index (χ3v) is 6.79. The van der Waals surface area contributed by atoms with Crippen LogP contribution < -0.4 is 10.9 Å². The van der Waals surface area contributed by atoms with Crippen molar-refractivity contribution in [3.8, 4) is 0 Å². The Morgan fingerprint density at radius 3 is 2.75 bits per heavy atom. The lowest BCUT2D eigenvalue weighted by molar-refractivity contribution is 0.0795. The summed E-state index contributed by atoms with van der Waals surface area (Å²) in [6.07, 6.45) is 4.14. The fourth-order valence-corrected chi connectivity index (χ4v) is 5.16. The molecule has 28 heavy (non-hydrogen) atoms. The fraction of sp³-hybridized carbons (Fsp3) is 0.435. The molecule has 2 aromatic rings. The van der Waals surface area contributed by atoms with E-state index in [0.717, 1.165) is 49.5 Å². The fourth-order valence-electron chi connectivity index (χ4n) is 4.56. The zero-order chi connectivity index (χ0) is 19.3. The molecule has 2 heterocycles. The second-order valence-electron chi connectivity index (χ2n) is 7.84. The minimum atomic E-state index is 0.111.